The van der Waals surface area contributed by atoms with Gasteiger partial charge in [0.15, 0.2) is 5.69 Å². The summed E-state index contributed by atoms with van der Waals surface area (Å²) < 4.78 is 5.63. The average molecular weight is 498 g/mol. The van der Waals surface area contributed by atoms with Crippen LogP contribution in [0.5, 0.6) is 0 Å². The SMILES string of the molecule is C[C@@H]1CN(c2ncnc3c2C(C)(C)CN3c2cnc(C#N)c(Cl)c2)[C@@H](C)CN1C(=O)OC(C)(C)C. The van der Waals surface area contributed by atoms with Crippen LogP contribution in [0.4, 0.5) is 22.1 Å². The summed E-state index contributed by atoms with van der Waals surface area (Å²) in [7, 11) is 0. The van der Waals surface area contributed by atoms with E-state index < -0.39 is 5.60 Å². The largest absolute Gasteiger partial charge is 0.444 e. The van der Waals surface area contributed by atoms with E-state index in [1.807, 2.05) is 33.8 Å². The molecule has 0 aliphatic carbocycles. The molecule has 2 aromatic rings. The number of amides is 1. The maximum Gasteiger partial charge on any atom is 0.410 e. The highest BCUT2D eigenvalue weighted by molar-refractivity contribution is 6.31. The second-order valence-corrected chi connectivity index (χ2v) is 11.4. The quantitative estimate of drug-likeness (QED) is 0.590. The van der Waals surface area contributed by atoms with Crippen LogP contribution in [0.25, 0.3) is 0 Å². The Kier molecular flexibility index (Phi) is 6.30. The molecule has 2 aliphatic heterocycles. The van der Waals surface area contributed by atoms with Gasteiger partial charge in [-0.2, -0.15) is 5.26 Å². The second-order valence-electron chi connectivity index (χ2n) is 11.0. The molecule has 0 aromatic carbocycles. The van der Waals surface area contributed by atoms with Crippen LogP contribution in [-0.4, -0.2) is 63.3 Å². The number of anilines is 3. The Morgan fingerprint density at radius 1 is 1.17 bits per heavy atom. The number of halogens is 1. The molecule has 10 heteroatoms. The van der Waals surface area contributed by atoms with E-state index in [0.29, 0.717) is 24.7 Å². The summed E-state index contributed by atoms with van der Waals surface area (Å²) in [5, 5.41) is 9.49. The van der Waals surface area contributed by atoms with Crippen LogP contribution < -0.4 is 9.80 Å². The van der Waals surface area contributed by atoms with Gasteiger partial charge in [-0.05, 0) is 40.7 Å². The number of nitrogens with zero attached hydrogens (tertiary/aromatic N) is 7. The Labute approximate surface area is 211 Å². The summed E-state index contributed by atoms with van der Waals surface area (Å²) in [5.41, 5.74) is 1.23. The topological polar surface area (TPSA) is 98.5 Å². The van der Waals surface area contributed by atoms with Crippen molar-refractivity contribution in [1.82, 2.24) is 19.9 Å². The van der Waals surface area contributed by atoms with Crippen LogP contribution in [0.2, 0.25) is 5.02 Å². The van der Waals surface area contributed by atoms with Gasteiger partial charge in [0, 0.05) is 42.7 Å². The number of rotatable bonds is 2. The molecule has 1 fully saturated rings. The first kappa shape index (κ1) is 25.0. The Morgan fingerprint density at radius 3 is 2.49 bits per heavy atom. The number of hydrogen-bond acceptors (Lipinski definition) is 8. The lowest BCUT2D eigenvalue weighted by molar-refractivity contribution is 0.0129. The van der Waals surface area contributed by atoms with Crippen molar-refractivity contribution in [3.63, 3.8) is 0 Å². The number of piperazine rings is 1. The van der Waals surface area contributed by atoms with E-state index in [-0.39, 0.29) is 29.3 Å². The van der Waals surface area contributed by atoms with Crippen molar-refractivity contribution in [2.45, 2.75) is 71.6 Å². The van der Waals surface area contributed by atoms with Crippen LogP contribution in [0, 0.1) is 11.3 Å². The third-order valence-electron chi connectivity index (χ3n) is 6.42. The fourth-order valence-corrected chi connectivity index (χ4v) is 5.02. The molecule has 0 bridgehead atoms. The molecule has 9 nitrogen and oxygen atoms in total. The number of nitriles is 1. The molecule has 186 valence electrons. The molecule has 1 amide bonds. The van der Waals surface area contributed by atoms with Crippen molar-refractivity contribution in [2.24, 2.45) is 0 Å². The highest BCUT2D eigenvalue weighted by atomic mass is 35.5. The molecule has 0 N–H and O–H groups in total. The Hall–Kier alpha value is -3.12. The zero-order valence-corrected chi connectivity index (χ0v) is 22.1. The van der Waals surface area contributed by atoms with Gasteiger partial charge in [-0.15, -0.1) is 0 Å². The van der Waals surface area contributed by atoms with Crippen LogP contribution in [0.1, 0.15) is 59.7 Å². The molecule has 0 radical (unpaired) electrons. The van der Waals surface area contributed by atoms with Gasteiger partial charge in [-0.1, -0.05) is 25.4 Å². The number of carbonyl (C=O) groups is 1. The molecule has 4 rings (SSSR count). The van der Waals surface area contributed by atoms with Crippen molar-refractivity contribution < 1.29 is 9.53 Å². The summed E-state index contributed by atoms with van der Waals surface area (Å²) >= 11 is 6.28. The second kappa shape index (κ2) is 8.83. The smallest absolute Gasteiger partial charge is 0.410 e. The van der Waals surface area contributed by atoms with Crippen molar-refractivity contribution >= 4 is 35.0 Å². The molecule has 4 heterocycles. The van der Waals surface area contributed by atoms with Gasteiger partial charge in [0.2, 0.25) is 0 Å². The van der Waals surface area contributed by atoms with Gasteiger partial charge in [-0.3, -0.25) is 0 Å². The van der Waals surface area contributed by atoms with Gasteiger partial charge < -0.3 is 19.4 Å². The summed E-state index contributed by atoms with van der Waals surface area (Å²) in [4.78, 5) is 32.5. The third-order valence-corrected chi connectivity index (χ3v) is 6.71. The summed E-state index contributed by atoms with van der Waals surface area (Å²) in [5.74, 6) is 1.68. The Balaban J connectivity index is 1.67. The Morgan fingerprint density at radius 2 is 1.86 bits per heavy atom. The fourth-order valence-electron chi connectivity index (χ4n) is 4.81. The first-order valence-electron chi connectivity index (χ1n) is 11.8. The number of fused-ring (bicyclic) bond motifs is 1. The number of pyridine rings is 1. The van der Waals surface area contributed by atoms with E-state index in [1.165, 1.54) is 0 Å². The zero-order valence-electron chi connectivity index (χ0n) is 21.3. The van der Waals surface area contributed by atoms with E-state index in [0.717, 1.165) is 22.9 Å². The normalized spacial score (nSPS) is 21.5. The summed E-state index contributed by atoms with van der Waals surface area (Å²) in [6, 6.07) is 3.75. The van der Waals surface area contributed by atoms with Gasteiger partial charge in [-0.25, -0.2) is 19.7 Å². The lowest BCUT2D eigenvalue weighted by atomic mass is 9.87. The fraction of sp³-hybridized carbons (Fsp3) is 0.560. The minimum atomic E-state index is -0.540. The molecule has 0 unspecified atom stereocenters. The summed E-state index contributed by atoms with van der Waals surface area (Å²) in [6.07, 6.45) is 2.95. The first-order valence-corrected chi connectivity index (χ1v) is 12.1. The standard InChI is InChI=1S/C25H32ClN7O2/c1-15-12-32(23(34)35-24(3,4)5)16(2)11-31(15)21-20-22(30-14-29-21)33(13-25(20,6)7)17-8-18(26)19(9-27)28-10-17/h8,10,14-16H,11-13H2,1-7H3/t15-,16+/m0/s1. The van der Waals surface area contributed by atoms with Crippen molar-refractivity contribution in [1.29, 1.82) is 5.26 Å². The minimum Gasteiger partial charge on any atom is -0.444 e. The van der Waals surface area contributed by atoms with Crippen molar-refractivity contribution in [2.75, 3.05) is 29.4 Å². The van der Waals surface area contributed by atoms with E-state index in [2.05, 4.69) is 40.5 Å². The van der Waals surface area contributed by atoms with E-state index in [9.17, 15) is 10.1 Å². The maximum atomic E-state index is 12.8. The lowest BCUT2D eigenvalue weighted by Gasteiger charge is -2.45. The molecular weight excluding hydrogens is 466 g/mol. The number of carbonyl (C=O) groups excluding carboxylic acids is 1. The van der Waals surface area contributed by atoms with Crippen LogP contribution >= 0.6 is 11.6 Å². The molecule has 35 heavy (non-hydrogen) atoms. The van der Waals surface area contributed by atoms with Gasteiger partial charge >= 0.3 is 6.09 Å². The average Bonchev–Trinajstić information content (AvgIpc) is 3.05. The van der Waals surface area contributed by atoms with E-state index >= 15 is 0 Å². The predicted molar refractivity (Wildman–Crippen MR) is 135 cm³/mol. The predicted octanol–water partition coefficient (Wildman–Crippen LogP) is 4.66. The molecule has 2 aliphatic rings. The molecule has 0 spiro atoms. The highest BCUT2D eigenvalue weighted by Crippen LogP contribution is 2.47. The number of ether oxygens (including phenoxy) is 1. The maximum absolute atomic E-state index is 12.8. The molecular formula is C25H32ClN7O2. The molecule has 2 aromatic heterocycles. The highest BCUT2D eigenvalue weighted by Gasteiger charge is 2.43. The summed E-state index contributed by atoms with van der Waals surface area (Å²) in [6.45, 7) is 15.9. The van der Waals surface area contributed by atoms with Gasteiger partial charge in [0.1, 0.15) is 29.6 Å². The first-order chi connectivity index (χ1) is 16.3. The van der Waals surface area contributed by atoms with E-state index in [1.54, 1.807) is 23.5 Å². The molecule has 1 saturated heterocycles. The van der Waals surface area contributed by atoms with Crippen molar-refractivity contribution in [3.05, 3.63) is 34.9 Å². The van der Waals surface area contributed by atoms with Gasteiger partial charge in [0.05, 0.1) is 16.9 Å². The van der Waals surface area contributed by atoms with Gasteiger partial charge in [0.25, 0.3) is 0 Å². The van der Waals surface area contributed by atoms with E-state index in [4.69, 9.17) is 21.3 Å². The van der Waals surface area contributed by atoms with Crippen LogP contribution in [-0.2, 0) is 10.2 Å². The van der Waals surface area contributed by atoms with Crippen LogP contribution in [0.3, 0.4) is 0 Å². The van der Waals surface area contributed by atoms with Crippen LogP contribution in [0.15, 0.2) is 18.6 Å². The molecule has 0 saturated carbocycles. The number of aromatic nitrogens is 3. The number of hydrogen-bond donors (Lipinski definition) is 0. The third kappa shape index (κ3) is 4.72. The lowest BCUT2D eigenvalue weighted by Crippen LogP contribution is -2.59. The Bertz CT molecular complexity index is 1190. The monoisotopic (exact) mass is 497 g/mol. The van der Waals surface area contributed by atoms with Crippen molar-refractivity contribution in [3.8, 4) is 6.07 Å². The zero-order chi connectivity index (χ0) is 25.7. The molecule has 2 atom stereocenters. The minimum absolute atomic E-state index is 0.0357.